The highest BCUT2D eigenvalue weighted by atomic mass is 32.2. The number of pyridine rings is 1. The summed E-state index contributed by atoms with van der Waals surface area (Å²) < 4.78 is 27.3. The van der Waals surface area contributed by atoms with Gasteiger partial charge in [0, 0.05) is 28.4 Å². The van der Waals surface area contributed by atoms with E-state index in [1.165, 1.54) is 23.3 Å². The van der Waals surface area contributed by atoms with Crippen molar-refractivity contribution in [1.29, 1.82) is 0 Å². The lowest BCUT2D eigenvalue weighted by atomic mass is 10.2. The Labute approximate surface area is 265 Å². The summed E-state index contributed by atoms with van der Waals surface area (Å²) in [7, 11) is -1.31. The minimum atomic E-state index is -4.15. The van der Waals surface area contributed by atoms with Crippen molar-refractivity contribution in [2.45, 2.75) is 29.7 Å². The summed E-state index contributed by atoms with van der Waals surface area (Å²) in [5.74, 6) is -0.493. The first-order valence-electron chi connectivity index (χ1n) is 14.0. The van der Waals surface area contributed by atoms with Crippen LogP contribution >= 0.6 is 19.4 Å². The summed E-state index contributed by atoms with van der Waals surface area (Å²) in [5, 5.41) is 11.0. The quantitative estimate of drug-likeness (QED) is 0.121. The largest absolute Gasteiger partial charge is 0.468 e. The molecule has 5 aromatic rings. The topological polar surface area (TPSA) is 124 Å². The Morgan fingerprint density at radius 2 is 1.76 bits per heavy atom. The average molecular weight is 642 g/mol. The number of rotatable bonds is 11. The lowest BCUT2D eigenvalue weighted by molar-refractivity contribution is -0.142. The third kappa shape index (κ3) is 7.34. The molecule has 0 bridgehead atoms. The van der Waals surface area contributed by atoms with Gasteiger partial charge in [0.05, 0.1) is 29.6 Å². The van der Waals surface area contributed by atoms with Crippen molar-refractivity contribution < 1.29 is 23.4 Å². The monoisotopic (exact) mass is 641 g/mol. The van der Waals surface area contributed by atoms with E-state index in [0.29, 0.717) is 27.9 Å². The maximum atomic E-state index is 14.9. The first kappa shape index (κ1) is 31.7. The van der Waals surface area contributed by atoms with Crippen LogP contribution in [0, 0.1) is 6.92 Å². The number of methoxy groups -OCH3 is 1. The van der Waals surface area contributed by atoms with Crippen molar-refractivity contribution in [2.75, 3.05) is 14.2 Å². The molecule has 0 fully saturated rings. The molecule has 3 aromatic carbocycles. The number of aromatic nitrogens is 3. The van der Waals surface area contributed by atoms with Crippen LogP contribution in [0.2, 0.25) is 0 Å². The predicted molar refractivity (Wildman–Crippen MR) is 176 cm³/mol. The lowest BCUT2D eigenvalue weighted by Crippen LogP contribution is -2.36. The highest BCUT2D eigenvalue weighted by Crippen LogP contribution is 2.48. The molecule has 0 aliphatic carbocycles. The summed E-state index contributed by atoms with van der Waals surface area (Å²) in [6.45, 7) is 3.48. The lowest BCUT2D eigenvalue weighted by Gasteiger charge is -2.23. The van der Waals surface area contributed by atoms with Gasteiger partial charge >= 0.3 is 13.6 Å². The molecule has 0 spiro atoms. The molecule has 0 radical (unpaired) electrons. The second kappa shape index (κ2) is 13.9. The molecule has 0 saturated carbocycles. The molecule has 1 amide bonds. The summed E-state index contributed by atoms with van der Waals surface area (Å²) in [5.41, 5.74) is 3.24. The second-order valence-electron chi connectivity index (χ2n) is 10.0. The third-order valence-electron chi connectivity index (χ3n) is 6.76. The maximum Gasteiger partial charge on any atom is 0.440 e. The first-order chi connectivity index (χ1) is 21.7. The van der Waals surface area contributed by atoms with E-state index in [1.807, 2.05) is 73.7 Å². The van der Waals surface area contributed by atoms with E-state index in [1.54, 1.807) is 50.5 Å². The van der Waals surface area contributed by atoms with Crippen LogP contribution in [0.3, 0.4) is 0 Å². The second-order valence-corrected chi connectivity index (χ2v) is 13.0. The number of carbonyl (C=O) groups excluding carboxylic acids is 2. The van der Waals surface area contributed by atoms with Crippen LogP contribution in [0.1, 0.15) is 34.2 Å². The Balaban J connectivity index is 1.67. The number of amides is 1. The number of benzene rings is 3. The zero-order valence-electron chi connectivity index (χ0n) is 25.1. The normalized spacial score (nSPS) is 13.3. The van der Waals surface area contributed by atoms with Crippen LogP contribution < -0.4 is 14.9 Å². The predicted octanol–water partition coefficient (Wildman–Crippen LogP) is 6.61. The molecule has 2 heterocycles. The number of aryl methyl sites for hydroxylation is 1. The molecule has 2 atom stereocenters. The van der Waals surface area contributed by atoms with Crippen LogP contribution in [0.15, 0.2) is 101 Å². The van der Waals surface area contributed by atoms with Crippen LogP contribution in [0.25, 0.3) is 23.1 Å². The summed E-state index contributed by atoms with van der Waals surface area (Å²) >= 11 is 1.38. The Morgan fingerprint density at radius 1 is 1.00 bits per heavy atom. The molecule has 0 saturated heterocycles. The van der Waals surface area contributed by atoms with Crippen molar-refractivity contribution in [3.05, 3.63) is 114 Å². The summed E-state index contributed by atoms with van der Waals surface area (Å²) in [6.07, 6.45) is 5.29. The Morgan fingerprint density at radius 3 is 2.47 bits per heavy atom. The number of fused-ring (bicyclic) bond motifs is 1. The molecule has 0 aliphatic rings. The highest BCUT2D eigenvalue weighted by Gasteiger charge is 2.35. The molecule has 45 heavy (non-hydrogen) atoms. The molecule has 2 aromatic heterocycles. The van der Waals surface area contributed by atoms with Crippen LogP contribution in [-0.4, -0.2) is 46.6 Å². The number of hydrogen-bond acceptors (Lipinski definition) is 8. The van der Waals surface area contributed by atoms with Crippen molar-refractivity contribution in [2.24, 2.45) is 0 Å². The fraction of sp³-hybridized carbons (Fsp3) is 0.152. The number of esters is 1. The number of nitrogens with zero attached hydrogens (tertiary/aromatic N) is 3. The molecule has 230 valence electrons. The van der Waals surface area contributed by atoms with Gasteiger partial charge in [0.1, 0.15) is 11.8 Å². The van der Waals surface area contributed by atoms with E-state index in [9.17, 15) is 14.2 Å². The van der Waals surface area contributed by atoms with Gasteiger partial charge in [0.2, 0.25) is 0 Å². The molecule has 0 aliphatic heterocycles. The molecule has 2 N–H and O–H groups in total. The number of nitrogens with one attached hydrogen (secondary N) is 2. The highest BCUT2D eigenvalue weighted by molar-refractivity contribution is 7.99. The van der Waals surface area contributed by atoms with E-state index < -0.39 is 19.7 Å². The molecule has 12 heteroatoms. The van der Waals surface area contributed by atoms with Crippen molar-refractivity contribution in [1.82, 2.24) is 24.9 Å². The third-order valence-corrected chi connectivity index (χ3v) is 9.80. The van der Waals surface area contributed by atoms with Gasteiger partial charge in [-0.2, -0.15) is 9.55 Å². The van der Waals surface area contributed by atoms with Gasteiger partial charge in [-0.05, 0) is 80.6 Å². The van der Waals surface area contributed by atoms with E-state index in [2.05, 4.69) is 15.4 Å². The van der Waals surface area contributed by atoms with Crippen molar-refractivity contribution >= 4 is 54.4 Å². The fourth-order valence-corrected chi connectivity index (χ4v) is 7.35. The van der Waals surface area contributed by atoms with Gasteiger partial charge in [0.15, 0.2) is 0 Å². The molecule has 5 rings (SSSR count). The van der Waals surface area contributed by atoms with E-state index >= 15 is 0 Å². The van der Waals surface area contributed by atoms with Crippen LogP contribution in [-0.2, 0) is 14.1 Å². The van der Waals surface area contributed by atoms with Crippen molar-refractivity contribution in [3.8, 4) is 5.75 Å². The van der Waals surface area contributed by atoms with Crippen LogP contribution in [0.4, 0.5) is 0 Å². The number of carbonyl (C=O) groups is 2. The minimum absolute atomic E-state index is 0.205. The molecular formula is C33H32N5O5PS. The molecule has 0 unspecified atom stereocenters. The van der Waals surface area contributed by atoms with Gasteiger partial charge < -0.3 is 14.6 Å². The molecule has 10 nitrogen and oxygen atoms in total. The van der Waals surface area contributed by atoms with Gasteiger partial charge in [-0.1, -0.05) is 47.7 Å². The maximum absolute atomic E-state index is 14.9. The van der Waals surface area contributed by atoms with Gasteiger partial charge in [-0.15, -0.1) is 0 Å². The van der Waals surface area contributed by atoms with Crippen molar-refractivity contribution in [3.63, 3.8) is 0 Å². The summed E-state index contributed by atoms with van der Waals surface area (Å²) in [6, 6.07) is 24.6. The SMILES string of the molecule is CNC(=O)c1ccccc1Sc1ccc2c(/C=C/c3ccccn3)nn([P@](=O)(N[C@@H](C)C(=O)OC)Oc3ccc(C)cc3)c2c1. The number of hydrogen-bond donors (Lipinski definition) is 2. The summed E-state index contributed by atoms with van der Waals surface area (Å²) in [4.78, 5) is 30.9. The van der Waals surface area contributed by atoms with E-state index in [0.717, 1.165) is 21.0 Å². The zero-order chi connectivity index (χ0) is 32.0. The Kier molecular flexibility index (Phi) is 9.83. The first-order valence-corrected chi connectivity index (χ1v) is 16.4. The van der Waals surface area contributed by atoms with Gasteiger partial charge in [-0.3, -0.25) is 14.6 Å². The standard InChI is InChI=1S/C33H32N5O5PS/c1-22-12-15-25(16-13-22)43-44(41,37-23(2)33(40)42-4)38-30-21-26(45-31-11-6-5-10-28(31)32(39)34-3)17-18-27(30)29(36-38)19-14-24-9-7-8-20-35-24/h5-21,23H,1-4H3,(H,34,39)(H,37,41)/b19-14+/t23-,44-/m0/s1. The average Bonchev–Trinajstić information content (AvgIpc) is 3.43. The van der Waals surface area contributed by atoms with Gasteiger partial charge in [-0.25, -0.2) is 9.65 Å². The smallest absolute Gasteiger partial charge is 0.440 e. The Bertz CT molecular complexity index is 1910. The number of ether oxygens (including phenoxy) is 1. The zero-order valence-corrected chi connectivity index (χ0v) is 26.8. The van der Waals surface area contributed by atoms with Crippen LogP contribution in [0.5, 0.6) is 5.75 Å². The van der Waals surface area contributed by atoms with E-state index in [4.69, 9.17) is 14.4 Å². The molecular weight excluding hydrogens is 609 g/mol. The minimum Gasteiger partial charge on any atom is -0.468 e. The Hall–Kier alpha value is -4.70. The fourth-order valence-electron chi connectivity index (χ4n) is 4.47. The van der Waals surface area contributed by atoms with E-state index in [-0.39, 0.29) is 5.91 Å². The van der Waals surface area contributed by atoms with Gasteiger partial charge in [0.25, 0.3) is 5.91 Å².